The van der Waals surface area contributed by atoms with Crippen LogP contribution >= 0.6 is 0 Å². The molecule has 1 aliphatic rings. The van der Waals surface area contributed by atoms with Crippen molar-refractivity contribution in [2.75, 3.05) is 19.8 Å². The number of nitrogens with zero attached hydrogens (tertiary/aromatic N) is 2. The van der Waals surface area contributed by atoms with Gasteiger partial charge in [0.05, 0.1) is 11.2 Å². The van der Waals surface area contributed by atoms with Crippen molar-refractivity contribution in [3.05, 3.63) is 23.5 Å². The van der Waals surface area contributed by atoms with Crippen LogP contribution in [0.1, 0.15) is 57.7 Å². The summed E-state index contributed by atoms with van der Waals surface area (Å²) < 4.78 is 6.07. The predicted molar refractivity (Wildman–Crippen MR) is 104 cm³/mol. The average molecular weight is 374 g/mol. The van der Waals surface area contributed by atoms with Gasteiger partial charge in [-0.05, 0) is 37.7 Å². The van der Waals surface area contributed by atoms with Crippen LogP contribution in [0.3, 0.4) is 0 Å². The number of amides is 1. The van der Waals surface area contributed by atoms with Crippen LogP contribution in [0.15, 0.2) is 12.3 Å². The first-order chi connectivity index (χ1) is 12.7. The number of aromatic nitrogens is 1. The summed E-state index contributed by atoms with van der Waals surface area (Å²) in [6, 6.07) is 1.86. The van der Waals surface area contributed by atoms with Crippen molar-refractivity contribution in [3.8, 4) is 17.6 Å². The third-order valence-electron chi connectivity index (χ3n) is 5.34. The van der Waals surface area contributed by atoms with Gasteiger partial charge in [0.1, 0.15) is 12.4 Å². The van der Waals surface area contributed by atoms with E-state index in [1.165, 1.54) is 4.90 Å². The smallest absolute Gasteiger partial charge is 0.407 e. The highest BCUT2D eigenvalue weighted by atomic mass is 16.5. The Hall–Kier alpha value is -2.26. The van der Waals surface area contributed by atoms with E-state index in [2.05, 4.69) is 16.8 Å². The van der Waals surface area contributed by atoms with E-state index in [4.69, 9.17) is 9.84 Å². The summed E-state index contributed by atoms with van der Waals surface area (Å²) in [7, 11) is 0. The lowest BCUT2D eigenvalue weighted by Crippen LogP contribution is -2.70. The summed E-state index contributed by atoms with van der Waals surface area (Å²) >= 11 is 0. The van der Waals surface area contributed by atoms with E-state index in [1.807, 2.05) is 33.8 Å². The van der Waals surface area contributed by atoms with Crippen molar-refractivity contribution >= 4 is 6.09 Å². The summed E-state index contributed by atoms with van der Waals surface area (Å²) in [5.41, 5.74) is 0.742. The van der Waals surface area contributed by atoms with E-state index >= 15 is 0 Å². The zero-order valence-electron chi connectivity index (χ0n) is 16.7. The highest BCUT2D eigenvalue weighted by Gasteiger charge is 2.56. The number of likely N-dealkylation sites (tertiary alicyclic amines) is 1. The average Bonchev–Trinajstić information content (AvgIpc) is 2.54. The molecule has 6 heteroatoms. The molecule has 27 heavy (non-hydrogen) atoms. The maximum absolute atomic E-state index is 11.6. The fourth-order valence-electron chi connectivity index (χ4n) is 3.33. The first-order valence-corrected chi connectivity index (χ1v) is 9.41. The molecule has 6 nitrogen and oxygen atoms in total. The molecule has 2 rings (SSSR count). The number of ether oxygens (including phenoxy) is 1. The second-order valence-corrected chi connectivity index (χ2v) is 8.04. The summed E-state index contributed by atoms with van der Waals surface area (Å²) in [6.45, 7) is 9.02. The Morgan fingerprint density at radius 3 is 2.70 bits per heavy atom. The molecule has 148 valence electrons. The van der Waals surface area contributed by atoms with E-state index in [0.29, 0.717) is 18.9 Å². The summed E-state index contributed by atoms with van der Waals surface area (Å²) in [4.78, 5) is 17.4. The molecule has 0 aromatic carbocycles. The number of hydrogen-bond donors (Lipinski definition) is 2. The van der Waals surface area contributed by atoms with Crippen LogP contribution in [-0.4, -0.2) is 51.5 Å². The first kappa shape index (κ1) is 21.0. The Balaban J connectivity index is 2.12. The largest absolute Gasteiger partial charge is 0.489 e. The minimum absolute atomic E-state index is 0.189. The third-order valence-corrected chi connectivity index (χ3v) is 5.34. The molecule has 1 amide bonds. The molecule has 0 spiro atoms. The lowest BCUT2D eigenvalue weighted by Gasteiger charge is -2.58. The highest BCUT2D eigenvalue weighted by molar-refractivity contribution is 5.68. The molecule has 0 radical (unpaired) electrons. The van der Waals surface area contributed by atoms with Crippen LogP contribution in [0.5, 0.6) is 5.75 Å². The Labute approximate surface area is 161 Å². The molecular weight excluding hydrogens is 344 g/mol. The van der Waals surface area contributed by atoms with E-state index in [9.17, 15) is 9.90 Å². The Morgan fingerprint density at radius 2 is 2.15 bits per heavy atom. The number of carboxylic acid groups (broad SMARTS) is 1. The molecule has 2 heterocycles. The number of hydrogen-bond acceptors (Lipinski definition) is 4. The summed E-state index contributed by atoms with van der Waals surface area (Å²) in [5, 5.41) is 18.3. The monoisotopic (exact) mass is 374 g/mol. The number of rotatable bonds is 6. The fraction of sp³-hybridized carbons (Fsp3) is 0.619. The normalized spacial score (nSPS) is 19.1. The molecule has 1 aromatic rings. The summed E-state index contributed by atoms with van der Waals surface area (Å²) in [5.74, 6) is 6.79. The lowest BCUT2D eigenvalue weighted by molar-refractivity contribution is -0.0962. The van der Waals surface area contributed by atoms with Gasteiger partial charge < -0.3 is 14.9 Å². The zero-order valence-corrected chi connectivity index (χ0v) is 16.7. The maximum atomic E-state index is 11.6. The number of aliphatic hydroxyl groups is 1. The number of aryl methyl sites for hydroxylation is 1. The highest BCUT2D eigenvalue weighted by Crippen LogP contribution is 2.45. The molecule has 1 atom stereocenters. The molecule has 0 aliphatic carbocycles. The molecule has 0 bridgehead atoms. The van der Waals surface area contributed by atoms with Gasteiger partial charge in [-0.2, -0.15) is 0 Å². The predicted octanol–water partition coefficient (Wildman–Crippen LogP) is 3.45. The van der Waals surface area contributed by atoms with Crippen molar-refractivity contribution in [3.63, 3.8) is 0 Å². The third kappa shape index (κ3) is 4.72. The van der Waals surface area contributed by atoms with Crippen LogP contribution < -0.4 is 4.74 Å². The van der Waals surface area contributed by atoms with Gasteiger partial charge in [-0.3, -0.25) is 9.88 Å². The van der Waals surface area contributed by atoms with Crippen molar-refractivity contribution in [1.82, 2.24) is 9.88 Å². The second kappa shape index (κ2) is 8.62. The van der Waals surface area contributed by atoms with E-state index in [1.54, 1.807) is 6.20 Å². The van der Waals surface area contributed by atoms with Gasteiger partial charge >= 0.3 is 6.09 Å². The van der Waals surface area contributed by atoms with Crippen LogP contribution in [0.4, 0.5) is 4.79 Å². The van der Waals surface area contributed by atoms with Crippen LogP contribution in [-0.2, 0) is 0 Å². The number of pyridine rings is 1. The van der Waals surface area contributed by atoms with Crippen molar-refractivity contribution in [2.45, 2.75) is 58.9 Å². The standard InChI is InChI=1S/C21H30N2O4/c1-16-18(13-17(14-22-16)9-7-5-6-8-12-24)27-15-21(20(2,3)4)10-11-23(21)19(25)26/h13-14,24H,5-6,8,10-12,15H2,1-4H3,(H,25,26). The molecule has 1 fully saturated rings. The van der Waals surface area contributed by atoms with Crippen LogP contribution in [0.2, 0.25) is 0 Å². The SMILES string of the molecule is Cc1ncc(C#CCCCCO)cc1OCC1(C(C)(C)C)CCN1C(=O)O. The number of carbonyl (C=O) groups is 1. The zero-order chi connectivity index (χ0) is 20.1. The van der Waals surface area contributed by atoms with Gasteiger partial charge in [0, 0.05) is 31.3 Å². The molecular formula is C21H30N2O4. The molecule has 1 aromatic heterocycles. The number of aliphatic hydroxyl groups excluding tert-OH is 1. The Kier molecular flexibility index (Phi) is 6.72. The quantitative estimate of drug-likeness (QED) is 0.589. The Bertz CT molecular complexity index is 730. The molecule has 0 saturated carbocycles. The molecule has 1 aliphatic heterocycles. The van der Waals surface area contributed by atoms with Gasteiger partial charge in [-0.15, -0.1) is 0 Å². The van der Waals surface area contributed by atoms with Crippen LogP contribution in [0, 0.1) is 24.2 Å². The summed E-state index contributed by atoms with van der Waals surface area (Å²) in [6.07, 6.45) is 3.94. The van der Waals surface area contributed by atoms with Gasteiger partial charge in [-0.1, -0.05) is 32.6 Å². The van der Waals surface area contributed by atoms with Crippen molar-refractivity contribution < 1.29 is 19.7 Å². The van der Waals surface area contributed by atoms with E-state index in [-0.39, 0.29) is 12.0 Å². The van der Waals surface area contributed by atoms with Gasteiger partial charge in [0.25, 0.3) is 0 Å². The molecule has 1 saturated heterocycles. The maximum Gasteiger partial charge on any atom is 0.407 e. The second-order valence-electron chi connectivity index (χ2n) is 8.04. The molecule has 2 N–H and O–H groups in total. The minimum Gasteiger partial charge on any atom is -0.489 e. The van der Waals surface area contributed by atoms with Crippen LogP contribution in [0.25, 0.3) is 0 Å². The van der Waals surface area contributed by atoms with Gasteiger partial charge in [0.15, 0.2) is 0 Å². The van der Waals surface area contributed by atoms with Gasteiger partial charge in [0.2, 0.25) is 0 Å². The van der Waals surface area contributed by atoms with Gasteiger partial charge in [-0.25, -0.2) is 4.79 Å². The number of unbranched alkanes of at least 4 members (excludes halogenated alkanes) is 2. The fourth-order valence-corrected chi connectivity index (χ4v) is 3.33. The Morgan fingerprint density at radius 1 is 1.41 bits per heavy atom. The minimum atomic E-state index is -0.905. The van der Waals surface area contributed by atoms with Crippen molar-refractivity contribution in [2.24, 2.45) is 5.41 Å². The molecule has 1 unspecified atom stereocenters. The van der Waals surface area contributed by atoms with E-state index < -0.39 is 11.6 Å². The lowest BCUT2D eigenvalue weighted by atomic mass is 9.66. The van der Waals surface area contributed by atoms with E-state index in [0.717, 1.165) is 36.9 Å². The van der Waals surface area contributed by atoms with Crippen molar-refractivity contribution in [1.29, 1.82) is 0 Å². The topological polar surface area (TPSA) is 82.9 Å². The first-order valence-electron chi connectivity index (χ1n) is 9.41.